The minimum absolute atomic E-state index is 0.0399. The summed E-state index contributed by atoms with van der Waals surface area (Å²) >= 11 is 1.47. The van der Waals surface area contributed by atoms with Gasteiger partial charge in [-0.3, -0.25) is 9.59 Å². The first-order chi connectivity index (χ1) is 11.4. The molecule has 0 aromatic carbocycles. The summed E-state index contributed by atoms with van der Waals surface area (Å²) in [6.07, 6.45) is 7.02. The summed E-state index contributed by atoms with van der Waals surface area (Å²) in [6, 6.07) is 0. The van der Waals surface area contributed by atoms with E-state index in [1.165, 1.54) is 30.6 Å². The van der Waals surface area contributed by atoms with E-state index in [0.29, 0.717) is 5.13 Å². The lowest BCUT2D eigenvalue weighted by Gasteiger charge is -2.55. The third-order valence-electron chi connectivity index (χ3n) is 6.20. The first kappa shape index (κ1) is 16.1. The molecule has 0 aliphatic heterocycles. The van der Waals surface area contributed by atoms with E-state index in [2.05, 4.69) is 15.6 Å². The third-order valence-corrected chi connectivity index (χ3v) is 7.19. The Hall–Kier alpha value is -1.43. The van der Waals surface area contributed by atoms with Crippen molar-refractivity contribution in [3.8, 4) is 0 Å². The number of hydrogen-bond acceptors (Lipinski definition) is 4. The van der Waals surface area contributed by atoms with E-state index in [1.807, 2.05) is 13.8 Å². The molecule has 0 saturated heterocycles. The van der Waals surface area contributed by atoms with Crippen LogP contribution in [-0.2, 0) is 9.59 Å². The van der Waals surface area contributed by atoms with E-state index in [4.69, 9.17) is 0 Å². The molecule has 1 aromatic rings. The number of anilines is 1. The van der Waals surface area contributed by atoms with E-state index >= 15 is 0 Å². The van der Waals surface area contributed by atoms with Crippen LogP contribution < -0.4 is 10.6 Å². The van der Waals surface area contributed by atoms with Crippen molar-refractivity contribution in [1.29, 1.82) is 0 Å². The monoisotopic (exact) mass is 347 g/mol. The molecule has 2 N–H and O–H groups in total. The summed E-state index contributed by atoms with van der Waals surface area (Å²) < 4.78 is 0. The van der Waals surface area contributed by atoms with E-state index < -0.39 is 0 Å². The Morgan fingerprint density at radius 1 is 1.12 bits per heavy atom. The minimum atomic E-state index is -0.193. The van der Waals surface area contributed by atoms with Crippen LogP contribution in [0.4, 0.5) is 5.13 Å². The van der Waals surface area contributed by atoms with Gasteiger partial charge in [0.15, 0.2) is 5.13 Å². The van der Waals surface area contributed by atoms with Gasteiger partial charge in [0.25, 0.3) is 0 Å². The highest BCUT2D eigenvalue weighted by Gasteiger charge is 2.54. The van der Waals surface area contributed by atoms with Gasteiger partial charge in [-0.05, 0) is 70.1 Å². The summed E-state index contributed by atoms with van der Waals surface area (Å²) in [6.45, 7) is 3.95. The fourth-order valence-corrected chi connectivity index (χ4v) is 6.26. The second-order valence-electron chi connectivity index (χ2n) is 8.09. The molecule has 4 bridgehead atoms. The maximum Gasteiger partial charge on any atom is 0.245 e. The highest BCUT2D eigenvalue weighted by atomic mass is 32.1. The van der Waals surface area contributed by atoms with Crippen molar-refractivity contribution in [2.45, 2.75) is 52.4 Å². The van der Waals surface area contributed by atoms with Crippen molar-refractivity contribution < 1.29 is 9.59 Å². The van der Waals surface area contributed by atoms with Crippen LogP contribution in [-0.4, -0.2) is 23.3 Å². The maximum absolute atomic E-state index is 12.8. The molecule has 1 aromatic heterocycles. The average molecular weight is 347 g/mol. The van der Waals surface area contributed by atoms with Crippen molar-refractivity contribution in [2.75, 3.05) is 11.9 Å². The quantitative estimate of drug-likeness (QED) is 0.879. The zero-order valence-electron chi connectivity index (χ0n) is 14.4. The van der Waals surface area contributed by atoms with Crippen molar-refractivity contribution in [2.24, 2.45) is 23.2 Å². The predicted octanol–water partition coefficient (Wildman–Crippen LogP) is 3.03. The van der Waals surface area contributed by atoms with Crippen LogP contribution in [0.5, 0.6) is 0 Å². The van der Waals surface area contributed by atoms with Crippen molar-refractivity contribution in [1.82, 2.24) is 10.3 Å². The van der Waals surface area contributed by atoms with Crippen LogP contribution >= 0.6 is 11.3 Å². The number of carbonyl (C=O) groups excluding carboxylic acids is 2. The van der Waals surface area contributed by atoms with Crippen LogP contribution in [0.3, 0.4) is 0 Å². The number of thiazole rings is 1. The van der Waals surface area contributed by atoms with Crippen LogP contribution in [0.25, 0.3) is 0 Å². The maximum atomic E-state index is 12.8. The average Bonchev–Trinajstić information content (AvgIpc) is 2.81. The largest absolute Gasteiger partial charge is 0.347 e. The Kier molecular flexibility index (Phi) is 3.90. The molecule has 2 amide bonds. The van der Waals surface area contributed by atoms with Crippen LogP contribution in [0.2, 0.25) is 0 Å². The van der Waals surface area contributed by atoms with Gasteiger partial charge in [-0.15, -0.1) is 11.3 Å². The summed E-state index contributed by atoms with van der Waals surface area (Å²) in [5.74, 6) is 2.11. The highest BCUT2D eigenvalue weighted by Crippen LogP contribution is 2.60. The Labute approximate surface area is 146 Å². The Morgan fingerprint density at radius 3 is 2.21 bits per heavy atom. The van der Waals surface area contributed by atoms with E-state index in [9.17, 15) is 9.59 Å². The lowest BCUT2D eigenvalue weighted by Crippen LogP contribution is -2.54. The SMILES string of the molecule is Cc1nc(NC(=O)CNC(=O)C23CC4CC(CC(C4)C2)C3)sc1C. The van der Waals surface area contributed by atoms with Crippen LogP contribution in [0, 0.1) is 37.0 Å². The molecule has 1 heterocycles. The third kappa shape index (κ3) is 2.85. The topological polar surface area (TPSA) is 71.1 Å². The molecular formula is C18H25N3O2S. The van der Waals surface area contributed by atoms with E-state index in [-0.39, 0.29) is 23.8 Å². The number of aromatic nitrogens is 1. The number of aryl methyl sites for hydroxylation is 2. The van der Waals surface area contributed by atoms with Crippen molar-refractivity contribution in [3.63, 3.8) is 0 Å². The fourth-order valence-electron chi connectivity index (χ4n) is 5.43. The van der Waals surface area contributed by atoms with Gasteiger partial charge in [0, 0.05) is 10.3 Å². The Bertz CT molecular complexity index is 627. The summed E-state index contributed by atoms with van der Waals surface area (Å²) in [7, 11) is 0. The molecule has 130 valence electrons. The van der Waals surface area contributed by atoms with Gasteiger partial charge in [-0.1, -0.05) is 0 Å². The number of nitrogens with one attached hydrogen (secondary N) is 2. The van der Waals surface area contributed by atoms with Crippen LogP contribution in [0.1, 0.15) is 49.1 Å². The van der Waals surface area contributed by atoms with Crippen molar-refractivity contribution >= 4 is 28.3 Å². The zero-order chi connectivity index (χ0) is 16.9. The number of hydrogen-bond donors (Lipinski definition) is 2. The molecule has 0 atom stereocenters. The molecule has 4 saturated carbocycles. The number of amides is 2. The number of carbonyl (C=O) groups is 2. The predicted molar refractivity (Wildman–Crippen MR) is 93.8 cm³/mol. The standard InChI is InChI=1S/C18H25N3O2S/c1-10-11(2)24-17(20-10)21-15(22)9-19-16(23)18-6-12-3-13(7-18)5-14(4-12)8-18/h12-14H,3-9H2,1-2H3,(H,19,23)(H,20,21,22). The van der Waals surface area contributed by atoms with Gasteiger partial charge in [-0.25, -0.2) is 4.98 Å². The normalized spacial score (nSPS) is 33.5. The summed E-state index contributed by atoms with van der Waals surface area (Å²) in [5.41, 5.74) is 0.747. The van der Waals surface area contributed by atoms with E-state index in [1.54, 1.807) is 0 Å². The molecule has 4 aliphatic carbocycles. The number of rotatable bonds is 4. The molecular weight excluding hydrogens is 322 g/mol. The van der Waals surface area contributed by atoms with Gasteiger partial charge in [0.2, 0.25) is 11.8 Å². The minimum Gasteiger partial charge on any atom is -0.347 e. The molecule has 4 aliphatic rings. The molecule has 24 heavy (non-hydrogen) atoms. The zero-order valence-corrected chi connectivity index (χ0v) is 15.2. The van der Waals surface area contributed by atoms with Crippen LogP contribution in [0.15, 0.2) is 0 Å². The first-order valence-electron chi connectivity index (χ1n) is 8.96. The molecule has 0 radical (unpaired) electrons. The molecule has 0 unspecified atom stereocenters. The Balaban J connectivity index is 1.34. The molecule has 5 rings (SSSR count). The molecule has 4 fully saturated rings. The smallest absolute Gasteiger partial charge is 0.245 e. The lowest BCUT2D eigenvalue weighted by molar-refractivity contribution is -0.146. The second kappa shape index (κ2) is 5.83. The van der Waals surface area contributed by atoms with E-state index in [0.717, 1.165) is 47.6 Å². The molecule has 6 heteroatoms. The van der Waals surface area contributed by atoms with Gasteiger partial charge < -0.3 is 10.6 Å². The molecule has 5 nitrogen and oxygen atoms in total. The number of nitrogens with zero attached hydrogens (tertiary/aromatic N) is 1. The fraction of sp³-hybridized carbons (Fsp3) is 0.722. The van der Waals surface area contributed by atoms with Gasteiger partial charge in [0.05, 0.1) is 12.2 Å². The van der Waals surface area contributed by atoms with Gasteiger partial charge in [0.1, 0.15) is 0 Å². The first-order valence-corrected chi connectivity index (χ1v) is 9.77. The summed E-state index contributed by atoms with van der Waals surface area (Å²) in [5, 5.41) is 6.30. The summed E-state index contributed by atoms with van der Waals surface area (Å²) in [4.78, 5) is 30.3. The lowest BCUT2D eigenvalue weighted by atomic mass is 9.49. The van der Waals surface area contributed by atoms with Gasteiger partial charge in [-0.2, -0.15) is 0 Å². The van der Waals surface area contributed by atoms with Gasteiger partial charge >= 0.3 is 0 Å². The molecule has 0 spiro atoms. The second-order valence-corrected chi connectivity index (χ2v) is 9.29. The Morgan fingerprint density at radius 2 is 1.71 bits per heavy atom. The highest BCUT2D eigenvalue weighted by molar-refractivity contribution is 7.15. The van der Waals surface area contributed by atoms with Crippen molar-refractivity contribution in [3.05, 3.63) is 10.6 Å².